The van der Waals surface area contributed by atoms with Crippen molar-refractivity contribution < 1.29 is 4.52 Å². The predicted molar refractivity (Wildman–Crippen MR) is 84.4 cm³/mol. The van der Waals surface area contributed by atoms with Crippen molar-refractivity contribution in [2.24, 2.45) is 0 Å². The topological polar surface area (TPSA) is 51.0 Å². The molecule has 1 unspecified atom stereocenters. The molecule has 0 amide bonds. The number of rotatable bonds is 4. The van der Waals surface area contributed by atoms with Crippen molar-refractivity contribution >= 4 is 17.4 Å². The Balaban J connectivity index is 1.39. The van der Waals surface area contributed by atoms with Gasteiger partial charge in [0.15, 0.2) is 5.82 Å². The first-order valence-electron chi connectivity index (χ1n) is 7.67. The van der Waals surface area contributed by atoms with Crippen molar-refractivity contribution in [3.63, 3.8) is 0 Å². The number of hydrogen-bond acceptors (Lipinski definition) is 5. The number of aromatic nitrogens is 2. The molecule has 1 aliphatic heterocycles. The van der Waals surface area contributed by atoms with Crippen molar-refractivity contribution in [3.05, 3.63) is 41.5 Å². The molecule has 1 fully saturated rings. The van der Waals surface area contributed by atoms with E-state index in [9.17, 15) is 0 Å². The molecular formula is C16H19N3OS. The third-order valence-corrected chi connectivity index (χ3v) is 5.67. The standard InChI is InChI=1S/C16H19N3OS/c1-4-8-13-11(5-1)9-14(17-13)16-18-15(19-20-16)10-21-12-6-2-3-7-12/h1,4-5,8,12,14,17H,2-3,6-7,9-10H2. The highest BCUT2D eigenvalue weighted by Gasteiger charge is 2.26. The second kappa shape index (κ2) is 5.72. The molecule has 2 heterocycles. The fourth-order valence-corrected chi connectivity index (χ4v) is 4.33. The quantitative estimate of drug-likeness (QED) is 0.926. The van der Waals surface area contributed by atoms with Gasteiger partial charge in [-0.1, -0.05) is 36.2 Å². The Morgan fingerprint density at radius 2 is 2.10 bits per heavy atom. The van der Waals surface area contributed by atoms with Gasteiger partial charge >= 0.3 is 0 Å². The van der Waals surface area contributed by atoms with Gasteiger partial charge in [-0.2, -0.15) is 16.7 Å². The van der Waals surface area contributed by atoms with Gasteiger partial charge < -0.3 is 9.84 Å². The predicted octanol–water partition coefficient (Wildman–Crippen LogP) is 3.95. The summed E-state index contributed by atoms with van der Waals surface area (Å²) in [5.74, 6) is 2.42. The second-order valence-electron chi connectivity index (χ2n) is 5.82. The lowest BCUT2D eigenvalue weighted by molar-refractivity contribution is 0.360. The van der Waals surface area contributed by atoms with Gasteiger partial charge in [-0.05, 0) is 24.5 Å². The molecule has 0 saturated heterocycles. The molecule has 1 atom stereocenters. The molecule has 1 aromatic heterocycles. The smallest absolute Gasteiger partial charge is 0.249 e. The van der Waals surface area contributed by atoms with Crippen molar-refractivity contribution in [3.8, 4) is 0 Å². The summed E-state index contributed by atoms with van der Waals surface area (Å²) >= 11 is 1.97. The lowest BCUT2D eigenvalue weighted by atomic mass is 10.1. The van der Waals surface area contributed by atoms with Crippen LogP contribution in [0, 0.1) is 0 Å². The minimum atomic E-state index is 0.125. The van der Waals surface area contributed by atoms with Crippen LogP contribution < -0.4 is 5.32 Å². The van der Waals surface area contributed by atoms with E-state index in [1.165, 1.54) is 36.9 Å². The van der Waals surface area contributed by atoms with E-state index in [4.69, 9.17) is 4.52 Å². The van der Waals surface area contributed by atoms with Crippen LogP contribution in [-0.2, 0) is 12.2 Å². The van der Waals surface area contributed by atoms with Crippen LogP contribution in [0.1, 0.15) is 49.0 Å². The maximum absolute atomic E-state index is 5.46. The van der Waals surface area contributed by atoms with Crippen LogP contribution in [0.5, 0.6) is 0 Å². The number of nitrogens with one attached hydrogen (secondary N) is 1. The second-order valence-corrected chi connectivity index (χ2v) is 7.11. The molecule has 1 aliphatic carbocycles. The molecule has 0 spiro atoms. The van der Waals surface area contributed by atoms with Crippen LogP contribution in [-0.4, -0.2) is 15.4 Å². The zero-order valence-corrected chi connectivity index (χ0v) is 12.7. The molecule has 110 valence electrons. The minimum absolute atomic E-state index is 0.125. The Morgan fingerprint density at radius 3 is 2.95 bits per heavy atom. The Hall–Kier alpha value is -1.49. The van der Waals surface area contributed by atoms with Crippen molar-refractivity contribution in [2.75, 3.05) is 5.32 Å². The summed E-state index contributed by atoms with van der Waals surface area (Å²) in [6.45, 7) is 0. The van der Waals surface area contributed by atoms with Gasteiger partial charge in [0.1, 0.15) is 6.04 Å². The van der Waals surface area contributed by atoms with Crippen LogP contribution in [0.25, 0.3) is 0 Å². The normalized spacial score (nSPS) is 21.4. The zero-order valence-electron chi connectivity index (χ0n) is 11.9. The van der Waals surface area contributed by atoms with E-state index in [0.717, 1.165) is 23.2 Å². The minimum Gasteiger partial charge on any atom is -0.373 e. The number of anilines is 1. The number of thioether (sulfide) groups is 1. The molecule has 1 aromatic carbocycles. The average Bonchev–Trinajstić information content (AvgIpc) is 3.24. The molecular weight excluding hydrogens is 282 g/mol. The molecule has 2 aromatic rings. The van der Waals surface area contributed by atoms with E-state index < -0.39 is 0 Å². The van der Waals surface area contributed by atoms with Crippen molar-refractivity contribution in [2.45, 2.75) is 49.1 Å². The van der Waals surface area contributed by atoms with Gasteiger partial charge in [0.25, 0.3) is 0 Å². The summed E-state index contributed by atoms with van der Waals surface area (Å²) in [4.78, 5) is 4.58. The molecule has 0 radical (unpaired) electrons. The Morgan fingerprint density at radius 1 is 1.24 bits per heavy atom. The van der Waals surface area contributed by atoms with E-state index in [1.807, 2.05) is 17.8 Å². The highest BCUT2D eigenvalue weighted by atomic mass is 32.2. The van der Waals surface area contributed by atoms with Gasteiger partial charge in [0.2, 0.25) is 5.89 Å². The zero-order chi connectivity index (χ0) is 14.1. The molecule has 0 bridgehead atoms. The van der Waals surface area contributed by atoms with Gasteiger partial charge in [-0.15, -0.1) is 0 Å². The lowest BCUT2D eigenvalue weighted by Gasteiger charge is -2.05. The first kappa shape index (κ1) is 13.2. The maximum atomic E-state index is 5.46. The third-order valence-electron chi connectivity index (χ3n) is 4.30. The van der Waals surface area contributed by atoms with Crippen LogP contribution in [0.4, 0.5) is 5.69 Å². The number of fused-ring (bicyclic) bond motifs is 1. The van der Waals surface area contributed by atoms with E-state index in [0.29, 0.717) is 5.89 Å². The summed E-state index contributed by atoms with van der Waals surface area (Å²) in [5, 5.41) is 8.39. The molecule has 1 N–H and O–H groups in total. The highest BCUT2D eigenvalue weighted by Crippen LogP contribution is 2.34. The van der Waals surface area contributed by atoms with Crippen LogP contribution in [0.2, 0.25) is 0 Å². The molecule has 5 heteroatoms. The van der Waals surface area contributed by atoms with Gasteiger partial charge in [-0.3, -0.25) is 0 Å². The van der Waals surface area contributed by atoms with E-state index in [-0.39, 0.29) is 6.04 Å². The molecule has 4 nitrogen and oxygen atoms in total. The van der Waals surface area contributed by atoms with E-state index in [2.05, 4.69) is 33.7 Å². The molecule has 21 heavy (non-hydrogen) atoms. The van der Waals surface area contributed by atoms with Gasteiger partial charge in [-0.25, -0.2) is 0 Å². The Labute approximate surface area is 128 Å². The fraction of sp³-hybridized carbons (Fsp3) is 0.500. The number of para-hydroxylation sites is 1. The Kier molecular flexibility index (Phi) is 3.59. The fourth-order valence-electron chi connectivity index (χ4n) is 3.16. The van der Waals surface area contributed by atoms with E-state index in [1.54, 1.807) is 0 Å². The first-order chi connectivity index (χ1) is 10.4. The SMILES string of the molecule is c1ccc2c(c1)CC(c1nc(CSC3CCCC3)no1)N2. The number of hydrogen-bond donors (Lipinski definition) is 1. The monoisotopic (exact) mass is 301 g/mol. The molecule has 2 aliphatic rings. The summed E-state index contributed by atoms with van der Waals surface area (Å²) in [6.07, 6.45) is 6.36. The van der Waals surface area contributed by atoms with Crippen LogP contribution in [0.15, 0.2) is 28.8 Å². The summed E-state index contributed by atoms with van der Waals surface area (Å²) in [6, 6.07) is 8.49. The number of nitrogens with zero attached hydrogens (tertiary/aromatic N) is 2. The average molecular weight is 301 g/mol. The third kappa shape index (κ3) is 2.79. The largest absolute Gasteiger partial charge is 0.373 e. The maximum Gasteiger partial charge on any atom is 0.249 e. The van der Waals surface area contributed by atoms with Gasteiger partial charge in [0, 0.05) is 17.4 Å². The van der Waals surface area contributed by atoms with Crippen LogP contribution in [0.3, 0.4) is 0 Å². The molecule has 4 rings (SSSR count). The first-order valence-corrected chi connectivity index (χ1v) is 8.72. The van der Waals surface area contributed by atoms with Crippen molar-refractivity contribution in [1.29, 1.82) is 0 Å². The van der Waals surface area contributed by atoms with Gasteiger partial charge in [0.05, 0.1) is 5.75 Å². The Bertz CT molecular complexity index is 596. The van der Waals surface area contributed by atoms with E-state index >= 15 is 0 Å². The van der Waals surface area contributed by atoms with Crippen LogP contribution >= 0.6 is 11.8 Å². The summed E-state index contributed by atoms with van der Waals surface area (Å²) in [5.41, 5.74) is 2.50. The summed E-state index contributed by atoms with van der Waals surface area (Å²) in [7, 11) is 0. The highest BCUT2D eigenvalue weighted by molar-refractivity contribution is 7.99. The lowest BCUT2D eigenvalue weighted by Crippen LogP contribution is -2.06. The van der Waals surface area contributed by atoms with Crippen molar-refractivity contribution in [1.82, 2.24) is 10.1 Å². The number of benzene rings is 1. The summed E-state index contributed by atoms with van der Waals surface area (Å²) < 4.78 is 5.46. The molecule has 1 saturated carbocycles.